The van der Waals surface area contributed by atoms with Gasteiger partial charge in [-0.1, -0.05) is 116 Å². The van der Waals surface area contributed by atoms with Gasteiger partial charge in [0.15, 0.2) is 0 Å². The minimum absolute atomic E-state index is 0.786. The molecular formula is C32H50N2O. The molecule has 0 saturated heterocycles. The van der Waals surface area contributed by atoms with E-state index in [1.807, 2.05) is 6.20 Å². The number of ether oxygens (including phenoxy) is 1. The Morgan fingerprint density at radius 1 is 0.771 bits per heavy atom. The zero-order chi connectivity index (χ0) is 24.6. The summed E-state index contributed by atoms with van der Waals surface area (Å²) >= 11 is 0. The van der Waals surface area contributed by atoms with Gasteiger partial charge in [0, 0.05) is 11.8 Å². The largest absolute Gasteiger partial charge is 0.493 e. The van der Waals surface area contributed by atoms with Gasteiger partial charge < -0.3 is 4.74 Å². The van der Waals surface area contributed by atoms with Crippen LogP contribution in [0.2, 0.25) is 0 Å². The zero-order valence-corrected chi connectivity index (χ0v) is 22.6. The first-order valence-electron chi connectivity index (χ1n) is 14.8. The Bertz CT molecular complexity index is 813. The average molecular weight is 479 g/mol. The van der Waals surface area contributed by atoms with E-state index in [0.29, 0.717) is 0 Å². The zero-order valence-electron chi connectivity index (χ0n) is 22.6. The second-order valence-corrected chi connectivity index (χ2v) is 10.8. The second kappa shape index (κ2) is 16.7. The number of hydrogen-bond acceptors (Lipinski definition) is 3. The summed E-state index contributed by atoms with van der Waals surface area (Å²) in [7, 11) is 0. The molecule has 0 atom stereocenters. The Hall–Kier alpha value is -1.90. The highest BCUT2D eigenvalue weighted by Crippen LogP contribution is 2.35. The topological polar surface area (TPSA) is 35.0 Å². The monoisotopic (exact) mass is 478 g/mol. The first-order chi connectivity index (χ1) is 17.3. The molecule has 0 aliphatic heterocycles. The van der Waals surface area contributed by atoms with E-state index in [4.69, 9.17) is 9.72 Å². The predicted octanol–water partition coefficient (Wildman–Crippen LogP) is 9.59. The molecule has 0 unspecified atom stereocenters. The summed E-state index contributed by atoms with van der Waals surface area (Å²) in [6.07, 6.45) is 26.4. The van der Waals surface area contributed by atoms with Crippen LogP contribution in [0, 0.1) is 11.8 Å². The summed E-state index contributed by atoms with van der Waals surface area (Å²) in [6, 6.07) is 8.43. The maximum absolute atomic E-state index is 6.28. The number of rotatable bonds is 17. The van der Waals surface area contributed by atoms with E-state index in [2.05, 4.69) is 43.1 Å². The Balaban J connectivity index is 1.46. The van der Waals surface area contributed by atoms with Gasteiger partial charge >= 0.3 is 0 Å². The maximum Gasteiger partial charge on any atom is 0.128 e. The fraction of sp³-hybridized carbons (Fsp3) is 0.688. The summed E-state index contributed by atoms with van der Waals surface area (Å²) in [6.45, 7) is 5.39. The fourth-order valence-electron chi connectivity index (χ4n) is 5.74. The van der Waals surface area contributed by atoms with Crippen molar-refractivity contribution in [1.29, 1.82) is 0 Å². The molecule has 0 amide bonds. The van der Waals surface area contributed by atoms with Crippen molar-refractivity contribution in [3.05, 3.63) is 42.4 Å². The summed E-state index contributed by atoms with van der Waals surface area (Å²) < 4.78 is 6.28. The second-order valence-electron chi connectivity index (χ2n) is 10.8. The minimum Gasteiger partial charge on any atom is -0.493 e. The Morgan fingerprint density at radius 2 is 1.43 bits per heavy atom. The lowest BCUT2D eigenvalue weighted by Gasteiger charge is -2.28. The average Bonchev–Trinajstić information content (AvgIpc) is 2.90. The van der Waals surface area contributed by atoms with E-state index >= 15 is 0 Å². The molecule has 0 bridgehead atoms. The lowest BCUT2D eigenvalue weighted by Crippen LogP contribution is -2.15. The highest BCUT2D eigenvalue weighted by Gasteiger charge is 2.21. The third-order valence-corrected chi connectivity index (χ3v) is 7.92. The number of aryl methyl sites for hydroxylation is 1. The van der Waals surface area contributed by atoms with Crippen LogP contribution in [0.1, 0.15) is 122 Å². The smallest absolute Gasteiger partial charge is 0.128 e. The van der Waals surface area contributed by atoms with Crippen LogP contribution in [0.25, 0.3) is 11.3 Å². The van der Waals surface area contributed by atoms with Crippen molar-refractivity contribution in [2.45, 2.75) is 123 Å². The highest BCUT2D eigenvalue weighted by atomic mass is 16.5. The van der Waals surface area contributed by atoms with Gasteiger partial charge in [-0.25, -0.2) is 9.97 Å². The van der Waals surface area contributed by atoms with Gasteiger partial charge in [-0.3, -0.25) is 0 Å². The van der Waals surface area contributed by atoms with Crippen molar-refractivity contribution < 1.29 is 4.74 Å². The van der Waals surface area contributed by atoms with Crippen LogP contribution < -0.4 is 4.74 Å². The number of hydrogen-bond donors (Lipinski definition) is 0. The van der Waals surface area contributed by atoms with Crippen molar-refractivity contribution in [3.63, 3.8) is 0 Å². The molecule has 1 heterocycles. The first-order valence-corrected chi connectivity index (χ1v) is 14.8. The Labute approximate surface area is 215 Å². The van der Waals surface area contributed by atoms with Gasteiger partial charge in [0.05, 0.1) is 12.3 Å². The molecule has 3 heteroatoms. The predicted molar refractivity (Wildman–Crippen MR) is 149 cm³/mol. The van der Waals surface area contributed by atoms with Crippen LogP contribution in [0.3, 0.4) is 0 Å². The summed E-state index contributed by atoms with van der Waals surface area (Å²) in [5, 5.41) is 0. The Kier molecular flexibility index (Phi) is 13.2. The van der Waals surface area contributed by atoms with E-state index in [-0.39, 0.29) is 0 Å². The SMILES string of the molecule is CCCCCCCCCCCOc1ccccc1-c1ncncc1CCC1CCC(CCC)CC1. The molecule has 0 radical (unpaired) electrons. The summed E-state index contributed by atoms with van der Waals surface area (Å²) in [5.41, 5.74) is 3.44. The summed E-state index contributed by atoms with van der Waals surface area (Å²) in [4.78, 5) is 9.09. The molecule has 194 valence electrons. The van der Waals surface area contributed by atoms with Gasteiger partial charge in [0.25, 0.3) is 0 Å². The van der Waals surface area contributed by atoms with Crippen LogP contribution in [0.15, 0.2) is 36.8 Å². The third kappa shape index (κ3) is 9.94. The van der Waals surface area contributed by atoms with Gasteiger partial charge in [-0.2, -0.15) is 0 Å². The van der Waals surface area contributed by atoms with Gasteiger partial charge in [0.2, 0.25) is 0 Å². The molecule has 35 heavy (non-hydrogen) atoms. The molecule has 3 nitrogen and oxygen atoms in total. The molecule has 1 aliphatic rings. The van der Waals surface area contributed by atoms with Crippen molar-refractivity contribution in [2.24, 2.45) is 11.8 Å². The van der Waals surface area contributed by atoms with Crippen LogP contribution in [0.5, 0.6) is 5.75 Å². The molecule has 1 aromatic heterocycles. The van der Waals surface area contributed by atoms with Crippen LogP contribution in [-0.4, -0.2) is 16.6 Å². The van der Waals surface area contributed by atoms with Gasteiger partial charge in [-0.05, 0) is 48.8 Å². The molecule has 1 aliphatic carbocycles. The van der Waals surface area contributed by atoms with E-state index in [1.165, 1.54) is 102 Å². The van der Waals surface area contributed by atoms with Crippen LogP contribution >= 0.6 is 0 Å². The van der Waals surface area contributed by atoms with Crippen molar-refractivity contribution in [1.82, 2.24) is 9.97 Å². The highest BCUT2D eigenvalue weighted by molar-refractivity contribution is 5.69. The van der Waals surface area contributed by atoms with E-state index in [0.717, 1.165) is 48.3 Å². The molecule has 1 aromatic carbocycles. The van der Waals surface area contributed by atoms with E-state index in [9.17, 15) is 0 Å². The minimum atomic E-state index is 0.786. The number of para-hydroxylation sites is 1. The molecular weight excluding hydrogens is 428 g/mol. The number of benzene rings is 1. The van der Waals surface area contributed by atoms with E-state index < -0.39 is 0 Å². The van der Waals surface area contributed by atoms with Crippen molar-refractivity contribution in [3.8, 4) is 17.0 Å². The molecule has 2 aromatic rings. The molecule has 1 saturated carbocycles. The normalized spacial score (nSPS) is 18.0. The lowest BCUT2D eigenvalue weighted by molar-refractivity contribution is 0.252. The lowest BCUT2D eigenvalue weighted by atomic mass is 9.78. The fourth-order valence-corrected chi connectivity index (χ4v) is 5.74. The van der Waals surface area contributed by atoms with Crippen molar-refractivity contribution in [2.75, 3.05) is 6.61 Å². The molecule has 1 fully saturated rings. The van der Waals surface area contributed by atoms with Crippen LogP contribution in [0.4, 0.5) is 0 Å². The molecule has 3 rings (SSSR count). The molecule has 0 spiro atoms. The van der Waals surface area contributed by atoms with Gasteiger partial charge in [-0.15, -0.1) is 0 Å². The van der Waals surface area contributed by atoms with Crippen LogP contribution in [-0.2, 0) is 6.42 Å². The number of unbranched alkanes of at least 4 members (excludes halogenated alkanes) is 8. The number of aromatic nitrogens is 2. The first kappa shape index (κ1) is 27.7. The standard InChI is InChI=1S/C32H50N2O/c1-3-5-6-7-8-9-10-11-14-24-35-31-17-13-12-16-30(31)32-29(25-33-26-34-32)23-22-28-20-18-27(15-4-2)19-21-28/h12-13,16-17,25-28H,3-11,14-15,18-24H2,1-2H3. The summed E-state index contributed by atoms with van der Waals surface area (Å²) in [5.74, 6) is 2.79. The van der Waals surface area contributed by atoms with Crippen molar-refractivity contribution >= 4 is 0 Å². The Morgan fingerprint density at radius 3 is 2.14 bits per heavy atom. The quantitative estimate of drug-likeness (QED) is 0.212. The molecule has 0 N–H and O–H groups in total. The van der Waals surface area contributed by atoms with Gasteiger partial charge in [0.1, 0.15) is 12.1 Å². The maximum atomic E-state index is 6.28. The van der Waals surface area contributed by atoms with E-state index in [1.54, 1.807) is 6.33 Å². The number of nitrogens with zero attached hydrogens (tertiary/aromatic N) is 2. The third-order valence-electron chi connectivity index (χ3n) is 7.92.